The number of aliphatic hydroxyl groups excluding tert-OH is 6. The van der Waals surface area contributed by atoms with E-state index in [2.05, 4.69) is 0 Å². The van der Waals surface area contributed by atoms with E-state index in [1.807, 2.05) is 6.92 Å². The Morgan fingerprint density at radius 3 is 1.73 bits per heavy atom. The van der Waals surface area contributed by atoms with Crippen molar-refractivity contribution in [3.05, 3.63) is 0 Å². The van der Waals surface area contributed by atoms with Gasteiger partial charge < -0.3 is 68.9 Å². The monoisotopic (exact) mass is 598 g/mol. The summed E-state index contributed by atoms with van der Waals surface area (Å²) in [6, 6.07) is 0. The second kappa shape index (κ2) is 16.1. The number of hydrogen-bond donors (Lipinski definition) is 7. The molecule has 3 aliphatic heterocycles. The van der Waals surface area contributed by atoms with Gasteiger partial charge in [-0.25, -0.2) is 4.79 Å². The smallest absolute Gasteiger partial charge is 0.335 e. The van der Waals surface area contributed by atoms with Crippen LogP contribution in [0.3, 0.4) is 0 Å². The lowest BCUT2D eigenvalue weighted by molar-refractivity contribution is -0.242. The van der Waals surface area contributed by atoms with E-state index in [9.17, 15) is 40.5 Å². The largest absolute Gasteiger partial charge is 0.479 e. The van der Waals surface area contributed by atoms with Gasteiger partial charge in [-0.2, -0.15) is 0 Å². The van der Waals surface area contributed by atoms with Gasteiger partial charge >= 0.3 is 5.97 Å². The number of carboxylic acid groups (broad SMARTS) is 1. The van der Waals surface area contributed by atoms with Crippen molar-refractivity contribution in [2.45, 2.75) is 80.5 Å². The average molecular weight is 599 g/mol. The predicted molar refractivity (Wildman–Crippen MR) is 137 cm³/mol. The molecule has 7 N–H and O–H groups in total. The zero-order chi connectivity index (χ0) is 30.3. The lowest BCUT2D eigenvalue weighted by Crippen LogP contribution is -2.60. The third-order valence-electron chi connectivity index (χ3n) is 8.10. The third kappa shape index (κ3) is 8.53. The van der Waals surface area contributed by atoms with Gasteiger partial charge in [-0.15, -0.1) is 0 Å². The van der Waals surface area contributed by atoms with Crippen molar-refractivity contribution < 1.29 is 73.7 Å². The van der Waals surface area contributed by atoms with Crippen molar-refractivity contribution in [1.82, 2.24) is 0 Å². The number of aliphatic hydroxyl groups is 6. The zero-order valence-corrected chi connectivity index (χ0v) is 23.6. The Morgan fingerprint density at radius 1 is 0.683 bits per heavy atom. The normalized spacial score (nSPS) is 43.6. The van der Waals surface area contributed by atoms with Crippen LogP contribution in [0.25, 0.3) is 0 Å². The summed E-state index contributed by atoms with van der Waals surface area (Å²) in [5.74, 6) is -3.46. The van der Waals surface area contributed by atoms with Gasteiger partial charge in [0.25, 0.3) is 0 Å². The van der Waals surface area contributed by atoms with Crippen LogP contribution in [0.1, 0.15) is 13.3 Å². The fraction of sp³-hybridized carbons (Fsp3) is 0.962. The number of aliphatic carboxylic acids is 1. The summed E-state index contributed by atoms with van der Waals surface area (Å²) < 4.78 is 38.3. The molecular weight excluding hydrogens is 552 g/mol. The number of ether oxygens (including phenoxy) is 7. The standard InChI is InChI=1S/C26H46O15/c1-12-4-13(6-35-2)20(28)18(39-12)10-37-7-14-21(29)16(5-27)40-19(22(14)30)11-38-8-15-23(31)17(9-36-3)41-25(24(15)32)26(33)34/h12-25,27-32H,4-11H2,1-3H3,(H,33,34)/t12?,13-,14-,15+,16?,17-,18-,19-,20?,21-,22?,23?,24-,25?/m1/s1. The van der Waals surface area contributed by atoms with Gasteiger partial charge in [-0.05, 0) is 13.3 Å². The first-order valence-electron chi connectivity index (χ1n) is 13.9. The molecule has 3 fully saturated rings. The number of carbonyl (C=O) groups is 1. The third-order valence-corrected chi connectivity index (χ3v) is 8.10. The highest BCUT2D eigenvalue weighted by Gasteiger charge is 2.48. The van der Waals surface area contributed by atoms with E-state index >= 15 is 0 Å². The fourth-order valence-electron chi connectivity index (χ4n) is 5.84. The minimum Gasteiger partial charge on any atom is -0.479 e. The lowest BCUT2D eigenvalue weighted by Gasteiger charge is -2.43. The van der Waals surface area contributed by atoms with Crippen molar-refractivity contribution in [3.63, 3.8) is 0 Å². The average Bonchev–Trinajstić information content (AvgIpc) is 2.93. The summed E-state index contributed by atoms with van der Waals surface area (Å²) in [5, 5.41) is 72.6. The van der Waals surface area contributed by atoms with Crippen molar-refractivity contribution >= 4 is 5.97 Å². The quantitative estimate of drug-likeness (QED) is 0.104. The molecule has 0 aromatic rings. The second-order valence-electron chi connectivity index (χ2n) is 11.1. The topological polar surface area (TPSA) is 223 Å². The zero-order valence-electron chi connectivity index (χ0n) is 23.6. The molecule has 3 rings (SSSR count). The molecule has 41 heavy (non-hydrogen) atoms. The minimum absolute atomic E-state index is 0.000386. The Bertz CT molecular complexity index is 788. The van der Waals surface area contributed by atoms with Crippen molar-refractivity contribution in [3.8, 4) is 0 Å². The van der Waals surface area contributed by atoms with E-state index in [4.69, 9.17) is 33.2 Å². The lowest BCUT2D eigenvalue weighted by atomic mass is 9.86. The Morgan fingerprint density at radius 2 is 1.20 bits per heavy atom. The van der Waals surface area contributed by atoms with Crippen LogP contribution >= 0.6 is 0 Å². The van der Waals surface area contributed by atoms with Crippen LogP contribution in [0.2, 0.25) is 0 Å². The summed E-state index contributed by atoms with van der Waals surface area (Å²) in [6.45, 7) is 0.920. The van der Waals surface area contributed by atoms with Crippen molar-refractivity contribution in [2.75, 3.05) is 60.5 Å². The molecule has 0 spiro atoms. The van der Waals surface area contributed by atoms with E-state index < -0.39 is 85.5 Å². The molecule has 0 aromatic heterocycles. The van der Waals surface area contributed by atoms with Crippen LogP contribution in [-0.4, -0.2) is 169 Å². The van der Waals surface area contributed by atoms with Gasteiger partial charge in [0.05, 0.1) is 82.9 Å². The summed E-state index contributed by atoms with van der Waals surface area (Å²) in [6.07, 6.45) is -11.0. The number of hydrogen-bond acceptors (Lipinski definition) is 14. The maximum absolute atomic E-state index is 11.5. The number of rotatable bonds is 14. The first kappa shape index (κ1) is 34.4. The number of methoxy groups -OCH3 is 2. The summed E-state index contributed by atoms with van der Waals surface area (Å²) in [4.78, 5) is 11.5. The highest BCUT2D eigenvalue weighted by atomic mass is 16.6. The molecule has 3 heterocycles. The molecule has 0 bridgehead atoms. The molecule has 0 saturated carbocycles. The molecule has 15 nitrogen and oxygen atoms in total. The van der Waals surface area contributed by atoms with Gasteiger partial charge in [-0.1, -0.05) is 0 Å². The molecular formula is C26H46O15. The first-order chi connectivity index (χ1) is 19.5. The van der Waals surface area contributed by atoms with Gasteiger partial charge in [0.15, 0.2) is 6.10 Å². The van der Waals surface area contributed by atoms with Crippen molar-refractivity contribution in [1.29, 1.82) is 0 Å². The van der Waals surface area contributed by atoms with Crippen LogP contribution < -0.4 is 0 Å². The molecule has 0 amide bonds. The van der Waals surface area contributed by atoms with E-state index in [1.165, 1.54) is 7.11 Å². The van der Waals surface area contributed by atoms with E-state index in [-0.39, 0.29) is 45.1 Å². The van der Waals surface area contributed by atoms with Gasteiger partial charge in [0.1, 0.15) is 24.4 Å². The summed E-state index contributed by atoms with van der Waals surface area (Å²) >= 11 is 0. The maximum Gasteiger partial charge on any atom is 0.335 e. The van der Waals surface area contributed by atoms with Gasteiger partial charge in [0.2, 0.25) is 0 Å². The second-order valence-corrected chi connectivity index (χ2v) is 11.1. The molecule has 14 atom stereocenters. The van der Waals surface area contributed by atoms with Crippen LogP contribution in [0.15, 0.2) is 0 Å². The molecule has 240 valence electrons. The van der Waals surface area contributed by atoms with E-state index in [1.54, 1.807) is 7.11 Å². The fourth-order valence-corrected chi connectivity index (χ4v) is 5.84. The van der Waals surface area contributed by atoms with Crippen LogP contribution in [0.5, 0.6) is 0 Å². The highest BCUT2D eigenvalue weighted by molar-refractivity contribution is 5.73. The Labute approximate surface area is 238 Å². The maximum atomic E-state index is 11.5. The molecule has 3 saturated heterocycles. The molecule has 0 aliphatic carbocycles. The predicted octanol–water partition coefficient (Wildman–Crippen LogP) is -3.25. The van der Waals surface area contributed by atoms with Crippen LogP contribution in [0, 0.1) is 17.8 Å². The minimum atomic E-state index is -1.60. The SMILES string of the molecule is COC[C@H]1CC(C)O[C@H](COC[C@H]2C(O)[C@@H](COC[C@H]3C(O)[C@@H](COC)OC(C(=O)O)[C@@H]3O)OC(CO)[C@@H]2O)C1O. The Kier molecular flexibility index (Phi) is 13.6. The van der Waals surface area contributed by atoms with Crippen molar-refractivity contribution in [2.24, 2.45) is 17.8 Å². The first-order valence-corrected chi connectivity index (χ1v) is 13.9. The summed E-state index contributed by atoms with van der Waals surface area (Å²) in [7, 11) is 2.92. The van der Waals surface area contributed by atoms with Gasteiger partial charge in [-0.3, -0.25) is 0 Å². The van der Waals surface area contributed by atoms with Gasteiger partial charge in [0, 0.05) is 32.0 Å². The van der Waals surface area contributed by atoms with Crippen LogP contribution in [0.4, 0.5) is 0 Å². The Hall–Kier alpha value is -1.05. The Balaban J connectivity index is 1.57. The van der Waals surface area contributed by atoms with Crippen LogP contribution in [-0.2, 0) is 38.0 Å². The molecule has 3 aliphatic rings. The van der Waals surface area contributed by atoms with E-state index in [0.717, 1.165) is 0 Å². The van der Waals surface area contributed by atoms with E-state index in [0.29, 0.717) is 13.0 Å². The molecule has 6 unspecified atom stereocenters. The number of carboxylic acids is 1. The molecule has 0 radical (unpaired) electrons. The molecule has 15 heteroatoms. The molecule has 0 aromatic carbocycles. The highest BCUT2D eigenvalue weighted by Crippen LogP contribution is 2.31. The summed E-state index contributed by atoms with van der Waals surface area (Å²) in [5.41, 5.74) is 0.